The van der Waals surface area contributed by atoms with Gasteiger partial charge >= 0.3 is 0 Å². The molecular formula is C43H37NSi. The Morgan fingerprint density at radius 2 is 1.11 bits per heavy atom. The maximum absolute atomic E-state index is 2.53. The molecule has 1 spiro atoms. The van der Waals surface area contributed by atoms with Crippen LogP contribution in [0, 0.1) is 0 Å². The maximum atomic E-state index is 2.53. The van der Waals surface area contributed by atoms with Gasteiger partial charge in [-0.25, -0.2) is 0 Å². The topological polar surface area (TPSA) is 4.93 Å². The van der Waals surface area contributed by atoms with Crippen molar-refractivity contribution in [1.29, 1.82) is 0 Å². The first kappa shape index (κ1) is 26.7. The van der Waals surface area contributed by atoms with E-state index in [1.807, 2.05) is 0 Å². The molecule has 1 aliphatic heterocycles. The van der Waals surface area contributed by atoms with E-state index in [1.54, 1.807) is 0 Å². The Kier molecular flexibility index (Phi) is 5.32. The molecule has 0 radical (unpaired) electrons. The number of fused-ring (bicyclic) bond motifs is 11. The van der Waals surface area contributed by atoms with E-state index >= 15 is 0 Å². The average Bonchev–Trinajstić information content (AvgIpc) is 3.40. The Hall–Kier alpha value is -4.66. The molecule has 0 saturated carbocycles. The summed E-state index contributed by atoms with van der Waals surface area (Å²) >= 11 is 0. The third-order valence-electron chi connectivity index (χ3n) is 10.8. The lowest BCUT2D eigenvalue weighted by Crippen LogP contribution is -2.44. The quantitative estimate of drug-likeness (QED) is 0.175. The van der Waals surface area contributed by atoms with Gasteiger partial charge in [0.1, 0.15) is 0 Å². The highest BCUT2D eigenvalue weighted by atomic mass is 28.3. The molecule has 6 aromatic carbocycles. The van der Waals surface area contributed by atoms with E-state index in [-0.39, 0.29) is 5.41 Å². The van der Waals surface area contributed by atoms with Gasteiger partial charge < -0.3 is 4.57 Å². The van der Waals surface area contributed by atoms with Crippen LogP contribution in [-0.4, -0.2) is 12.6 Å². The van der Waals surface area contributed by atoms with Gasteiger partial charge in [0.2, 0.25) is 0 Å². The number of para-hydroxylation sites is 3. The summed E-state index contributed by atoms with van der Waals surface area (Å²) in [5, 5.41) is 4.12. The van der Waals surface area contributed by atoms with Crippen molar-refractivity contribution in [3.05, 3.63) is 167 Å². The molecular weight excluding hydrogens is 559 g/mol. The fraction of sp³-hybridized carbons (Fsp3) is 0.163. The summed E-state index contributed by atoms with van der Waals surface area (Å²) in [5.74, 6) is 0. The summed E-state index contributed by atoms with van der Waals surface area (Å²) in [4.78, 5) is 0. The number of rotatable bonds is 2. The van der Waals surface area contributed by atoms with Gasteiger partial charge in [0.05, 0.1) is 30.2 Å². The Bertz CT molecular complexity index is 2330. The molecule has 0 fully saturated rings. The summed E-state index contributed by atoms with van der Waals surface area (Å²) in [6.07, 6.45) is 0. The molecule has 0 N–H and O–H groups in total. The molecule has 1 unspecified atom stereocenters. The Morgan fingerprint density at radius 1 is 0.511 bits per heavy atom. The van der Waals surface area contributed by atoms with Gasteiger partial charge in [0, 0.05) is 16.2 Å². The minimum atomic E-state index is -1.41. The molecule has 0 saturated heterocycles. The highest BCUT2D eigenvalue weighted by molar-refractivity contribution is 6.88. The normalized spacial score (nSPS) is 17.7. The van der Waals surface area contributed by atoms with Crippen molar-refractivity contribution in [3.63, 3.8) is 0 Å². The summed E-state index contributed by atoms with van der Waals surface area (Å²) < 4.78 is 2.53. The van der Waals surface area contributed by atoms with E-state index in [1.165, 1.54) is 77.2 Å². The molecule has 45 heavy (non-hydrogen) atoms. The first-order valence-electron chi connectivity index (χ1n) is 16.2. The van der Waals surface area contributed by atoms with Crippen LogP contribution in [0.3, 0.4) is 0 Å². The molecule has 1 nitrogen and oxygen atoms in total. The maximum Gasteiger partial charge on any atom is 0.0775 e. The van der Waals surface area contributed by atoms with Gasteiger partial charge in [0.15, 0.2) is 0 Å². The third kappa shape index (κ3) is 3.33. The van der Waals surface area contributed by atoms with Gasteiger partial charge in [0.25, 0.3) is 0 Å². The Labute approximate surface area is 266 Å². The number of aromatic nitrogens is 1. The van der Waals surface area contributed by atoms with Crippen LogP contribution >= 0.6 is 0 Å². The fourth-order valence-electron chi connectivity index (χ4n) is 8.85. The fourth-order valence-corrected chi connectivity index (χ4v) is 10.0. The molecule has 1 atom stereocenters. The van der Waals surface area contributed by atoms with Gasteiger partial charge in [-0.15, -0.1) is 0 Å². The van der Waals surface area contributed by atoms with E-state index in [0.29, 0.717) is 0 Å². The van der Waals surface area contributed by atoms with Crippen LogP contribution in [-0.2, 0) is 10.8 Å². The zero-order valence-electron chi connectivity index (χ0n) is 26.6. The summed E-state index contributed by atoms with van der Waals surface area (Å²) in [6, 6.07) is 51.0. The predicted octanol–water partition coefficient (Wildman–Crippen LogP) is 10.3. The van der Waals surface area contributed by atoms with Crippen molar-refractivity contribution in [2.24, 2.45) is 0 Å². The van der Waals surface area contributed by atoms with E-state index in [4.69, 9.17) is 0 Å². The summed E-state index contributed by atoms with van der Waals surface area (Å²) in [5.41, 5.74) is 14.2. The van der Waals surface area contributed by atoms with Crippen LogP contribution in [0.25, 0.3) is 38.6 Å². The van der Waals surface area contributed by atoms with E-state index in [0.717, 1.165) is 0 Å². The summed E-state index contributed by atoms with van der Waals surface area (Å²) in [6.45, 7) is 12.2. The molecule has 2 heterocycles. The largest absolute Gasteiger partial charge is 0.309 e. The minimum absolute atomic E-state index is 0.196. The first-order valence-corrected chi connectivity index (χ1v) is 19.7. The first-order chi connectivity index (χ1) is 21.7. The van der Waals surface area contributed by atoms with Gasteiger partial charge in [-0.2, -0.15) is 0 Å². The zero-order chi connectivity index (χ0) is 30.7. The number of nitrogens with zero attached hydrogens (tertiary/aromatic N) is 1. The third-order valence-corrected chi connectivity index (χ3v) is 12.9. The molecule has 7 aromatic rings. The van der Waals surface area contributed by atoms with Crippen LogP contribution in [0.4, 0.5) is 0 Å². The van der Waals surface area contributed by atoms with Crippen molar-refractivity contribution in [3.8, 4) is 16.8 Å². The van der Waals surface area contributed by atoms with Crippen LogP contribution in [0.2, 0.25) is 19.6 Å². The molecule has 218 valence electrons. The van der Waals surface area contributed by atoms with Gasteiger partial charge in [-0.3, -0.25) is 0 Å². The van der Waals surface area contributed by atoms with Gasteiger partial charge in [-0.1, -0.05) is 160 Å². The van der Waals surface area contributed by atoms with Crippen LogP contribution in [0.15, 0.2) is 133 Å². The molecule has 0 bridgehead atoms. The second-order valence-corrected chi connectivity index (χ2v) is 19.6. The lowest BCUT2D eigenvalue weighted by Gasteiger charge is -2.50. The molecule has 1 aliphatic carbocycles. The molecule has 1 aromatic heterocycles. The van der Waals surface area contributed by atoms with Gasteiger partial charge in [-0.05, 0) is 56.6 Å². The van der Waals surface area contributed by atoms with Crippen LogP contribution < -0.4 is 5.19 Å². The van der Waals surface area contributed by atoms with Crippen molar-refractivity contribution in [1.82, 2.24) is 4.57 Å². The van der Waals surface area contributed by atoms with Crippen molar-refractivity contribution in [2.45, 2.75) is 44.3 Å². The van der Waals surface area contributed by atoms with E-state index in [9.17, 15) is 0 Å². The number of benzene rings is 6. The molecule has 0 amide bonds. The second kappa shape index (κ2) is 8.96. The monoisotopic (exact) mass is 595 g/mol. The van der Waals surface area contributed by atoms with Crippen molar-refractivity contribution >= 4 is 35.1 Å². The van der Waals surface area contributed by atoms with Crippen molar-refractivity contribution in [2.75, 3.05) is 0 Å². The predicted molar refractivity (Wildman–Crippen MR) is 193 cm³/mol. The Balaban J connectivity index is 1.47. The number of hydrogen-bond acceptors (Lipinski definition) is 0. The zero-order valence-corrected chi connectivity index (χ0v) is 27.6. The molecule has 9 rings (SSSR count). The summed E-state index contributed by atoms with van der Waals surface area (Å²) in [7, 11) is -1.41. The second-order valence-electron chi connectivity index (χ2n) is 14.5. The van der Waals surface area contributed by atoms with Crippen LogP contribution in [0.1, 0.15) is 47.2 Å². The standard InChI is InChI=1S/C43H37NSi/c1-42(2)33-17-7-8-18-34(33)43(36-20-12-15-30(40(36)42)28-24-26-29(27-25-28)45(3,4)5)35-19-9-11-23-39(35)44-38-22-10-6-14-31(38)32-16-13-21-37(43)41(32)44/h6-27H,1-5H3. The van der Waals surface area contributed by atoms with E-state index < -0.39 is 13.5 Å². The highest BCUT2D eigenvalue weighted by Gasteiger charge is 2.53. The molecule has 2 heteroatoms. The Morgan fingerprint density at radius 3 is 1.89 bits per heavy atom. The van der Waals surface area contributed by atoms with Crippen LogP contribution in [0.5, 0.6) is 0 Å². The van der Waals surface area contributed by atoms with E-state index in [2.05, 4.69) is 172 Å². The average molecular weight is 596 g/mol. The van der Waals surface area contributed by atoms with Crippen molar-refractivity contribution < 1.29 is 0 Å². The number of hydrogen-bond donors (Lipinski definition) is 0. The highest BCUT2D eigenvalue weighted by Crippen LogP contribution is 2.61. The lowest BCUT2D eigenvalue weighted by atomic mass is 9.52. The smallest absolute Gasteiger partial charge is 0.0775 e. The SMILES string of the molecule is CC1(C)c2ccccc2C2(c3ccccc3-n3c4ccccc4c4cccc2c43)c2cccc(-c3ccc([Si](C)(C)C)cc3)c21. The molecule has 2 aliphatic rings. The minimum Gasteiger partial charge on any atom is -0.309 e. The lowest BCUT2D eigenvalue weighted by molar-refractivity contribution is 0.558.